The number of anilines is 1. The second-order valence-electron chi connectivity index (χ2n) is 10.3. The van der Waals surface area contributed by atoms with Crippen LogP contribution < -0.4 is 20.4 Å². The van der Waals surface area contributed by atoms with Crippen LogP contribution in [0.4, 0.5) is 10.1 Å². The number of nitrogens with zero attached hydrogens (tertiary/aromatic N) is 2. The number of carboxylic acids is 2. The van der Waals surface area contributed by atoms with E-state index in [4.69, 9.17) is 20.1 Å². The number of aromatic carboxylic acids is 2. The second-order valence-corrected chi connectivity index (χ2v) is 10.3. The van der Waals surface area contributed by atoms with Crippen LogP contribution in [0.25, 0.3) is 10.9 Å². The molecular formula is C28H31ClFN3O8. The van der Waals surface area contributed by atoms with Crippen molar-refractivity contribution in [2.75, 3.05) is 31.6 Å². The average molecular weight is 592 g/mol. The van der Waals surface area contributed by atoms with Crippen LogP contribution in [0.5, 0.6) is 17.2 Å². The van der Waals surface area contributed by atoms with Crippen molar-refractivity contribution in [1.82, 2.24) is 9.88 Å². The zero-order chi connectivity index (χ0) is 28.7. The van der Waals surface area contributed by atoms with Gasteiger partial charge >= 0.3 is 11.9 Å². The van der Waals surface area contributed by atoms with E-state index >= 15 is 4.39 Å². The number of nitrogens with one attached hydrogen (secondary N) is 1. The molecule has 2 aliphatic heterocycles. The lowest BCUT2D eigenvalue weighted by atomic mass is 9.94. The maximum Gasteiger partial charge on any atom is 0.341 e. The number of hydrogen-bond donors (Lipinski definition) is 5. The smallest absolute Gasteiger partial charge is 0.341 e. The predicted octanol–water partition coefficient (Wildman–Crippen LogP) is 3.59. The first-order valence-corrected chi connectivity index (χ1v) is 13.0. The maximum atomic E-state index is 15.3. The highest BCUT2D eigenvalue weighted by atomic mass is 35.5. The number of halogens is 2. The zero-order valence-corrected chi connectivity index (χ0v) is 23.0. The monoisotopic (exact) mass is 591 g/mol. The summed E-state index contributed by atoms with van der Waals surface area (Å²) in [6.45, 7) is 2.40. The Bertz CT molecular complexity index is 1540. The predicted molar refractivity (Wildman–Crippen MR) is 151 cm³/mol. The van der Waals surface area contributed by atoms with Gasteiger partial charge in [0.15, 0.2) is 11.6 Å². The first-order chi connectivity index (χ1) is 19.1. The van der Waals surface area contributed by atoms with E-state index in [9.17, 15) is 19.5 Å². The van der Waals surface area contributed by atoms with Crippen molar-refractivity contribution in [2.24, 2.45) is 5.92 Å². The lowest BCUT2D eigenvalue weighted by molar-refractivity contribution is 0.0683. The Morgan fingerprint density at radius 3 is 2.34 bits per heavy atom. The summed E-state index contributed by atoms with van der Waals surface area (Å²) in [4.78, 5) is 36.7. The van der Waals surface area contributed by atoms with Gasteiger partial charge in [0.2, 0.25) is 5.43 Å². The number of hydrogen-bond acceptors (Lipinski definition) is 8. The first kappa shape index (κ1) is 29.9. The molecule has 3 fully saturated rings. The van der Waals surface area contributed by atoms with Crippen molar-refractivity contribution in [3.8, 4) is 17.2 Å². The van der Waals surface area contributed by atoms with E-state index in [0.717, 1.165) is 50.9 Å². The lowest BCUT2D eigenvalue weighted by Crippen LogP contribution is -2.40. The molecule has 3 aromatic rings. The van der Waals surface area contributed by atoms with Crippen LogP contribution >= 0.6 is 12.4 Å². The van der Waals surface area contributed by atoms with Gasteiger partial charge in [0.25, 0.3) is 0 Å². The summed E-state index contributed by atoms with van der Waals surface area (Å²) in [5.74, 6) is -2.86. The number of aromatic nitrogens is 1. The van der Waals surface area contributed by atoms with Gasteiger partial charge in [-0.1, -0.05) is 0 Å². The Balaban J connectivity index is 0.000000274. The molecule has 0 unspecified atom stereocenters. The van der Waals surface area contributed by atoms with Crippen LogP contribution in [-0.4, -0.2) is 69.7 Å². The van der Waals surface area contributed by atoms with Gasteiger partial charge in [-0.25, -0.2) is 14.0 Å². The number of pyridine rings is 1. The maximum absolute atomic E-state index is 15.3. The quantitative estimate of drug-likeness (QED) is 0.277. The normalized spacial score (nSPS) is 19.5. The fourth-order valence-corrected chi connectivity index (χ4v) is 5.65. The number of fused-ring (bicyclic) bond motifs is 2. The summed E-state index contributed by atoms with van der Waals surface area (Å²) in [5.41, 5.74) is -0.456. The molecule has 6 rings (SSSR count). The molecule has 0 radical (unpaired) electrons. The highest BCUT2D eigenvalue weighted by Gasteiger charge is 2.38. The highest BCUT2D eigenvalue weighted by molar-refractivity contribution is 5.97. The zero-order valence-electron chi connectivity index (χ0n) is 22.2. The number of ether oxygens (including phenoxy) is 1. The number of aromatic hydroxyl groups is 2. The summed E-state index contributed by atoms with van der Waals surface area (Å²) in [6.07, 6.45) is 5.40. The number of piperidine rings is 1. The molecule has 1 aromatic heterocycles. The van der Waals surface area contributed by atoms with E-state index in [1.807, 2.05) is 4.90 Å². The van der Waals surface area contributed by atoms with Gasteiger partial charge in [0, 0.05) is 31.4 Å². The molecule has 2 atom stereocenters. The van der Waals surface area contributed by atoms with Gasteiger partial charge in [-0.3, -0.25) is 4.79 Å². The summed E-state index contributed by atoms with van der Waals surface area (Å²) >= 11 is 0. The van der Waals surface area contributed by atoms with Crippen LogP contribution in [0.2, 0.25) is 0 Å². The van der Waals surface area contributed by atoms with Crippen molar-refractivity contribution in [3.05, 3.63) is 57.6 Å². The molecule has 11 nitrogen and oxygen atoms in total. The van der Waals surface area contributed by atoms with Crippen molar-refractivity contribution < 1.29 is 39.1 Å². The van der Waals surface area contributed by atoms with Gasteiger partial charge in [-0.05, 0) is 62.4 Å². The van der Waals surface area contributed by atoms with Crippen molar-refractivity contribution in [1.29, 1.82) is 0 Å². The summed E-state index contributed by atoms with van der Waals surface area (Å²) in [7, 11) is 1.48. The van der Waals surface area contributed by atoms with Gasteiger partial charge in [-0.15, -0.1) is 12.4 Å². The van der Waals surface area contributed by atoms with E-state index in [1.165, 1.54) is 25.4 Å². The molecule has 2 aromatic carbocycles. The molecule has 3 heterocycles. The third-order valence-electron chi connectivity index (χ3n) is 7.70. The van der Waals surface area contributed by atoms with Gasteiger partial charge in [-0.2, -0.15) is 0 Å². The van der Waals surface area contributed by atoms with E-state index < -0.39 is 23.2 Å². The summed E-state index contributed by atoms with van der Waals surface area (Å²) < 4.78 is 22.8. The summed E-state index contributed by atoms with van der Waals surface area (Å²) in [6, 6.07) is 4.93. The molecule has 220 valence electrons. The SMILES string of the molecule is COc1c(N2C[C@@H]3CCCN[C@@H]3C2)c(F)cc2c(=O)c(C(=O)O)cn(C3CC3)c12.Cl.O=C(O)c1cc(O)ccc1O. The molecule has 2 saturated heterocycles. The van der Waals surface area contributed by atoms with E-state index in [2.05, 4.69) is 5.32 Å². The molecule has 0 spiro atoms. The van der Waals surface area contributed by atoms with E-state index in [0.29, 0.717) is 35.5 Å². The lowest BCUT2D eigenvalue weighted by Gasteiger charge is -2.25. The van der Waals surface area contributed by atoms with Crippen LogP contribution in [0.1, 0.15) is 52.4 Å². The summed E-state index contributed by atoms with van der Waals surface area (Å²) in [5, 5.41) is 39.2. The minimum atomic E-state index is -1.30. The largest absolute Gasteiger partial charge is 0.508 e. The fraction of sp³-hybridized carbons (Fsp3) is 0.393. The van der Waals surface area contributed by atoms with E-state index in [1.54, 1.807) is 4.57 Å². The van der Waals surface area contributed by atoms with Crippen molar-refractivity contribution in [2.45, 2.75) is 37.8 Å². The standard InChI is InChI=1S/C21H24FN3O4.C7H6O4.ClH/c1-29-20-17-13(19(26)14(21(27)28)9-25(17)12-4-5-12)7-15(22)18(20)24-8-11-3-2-6-23-16(11)10-24;8-4-1-2-6(9)5(3-4)7(10)11;/h7,9,11-12,16,23H,2-6,8,10H2,1H3,(H,27,28);1-3,8-9H,(H,10,11);1H/t11-,16+;;/m0../s1. The number of phenolic OH excluding ortho intramolecular Hbond substituents is 1. The van der Waals surface area contributed by atoms with Crippen LogP contribution in [0, 0.1) is 11.7 Å². The third-order valence-corrected chi connectivity index (χ3v) is 7.70. The molecule has 3 aliphatic rings. The van der Waals surface area contributed by atoms with Crippen molar-refractivity contribution >= 4 is 40.9 Å². The number of phenols is 2. The Morgan fingerprint density at radius 1 is 1.05 bits per heavy atom. The molecule has 0 bridgehead atoms. The van der Waals surface area contributed by atoms with Gasteiger partial charge < -0.3 is 39.9 Å². The fourth-order valence-electron chi connectivity index (χ4n) is 5.65. The van der Waals surface area contributed by atoms with E-state index in [-0.39, 0.29) is 46.5 Å². The molecule has 1 saturated carbocycles. The van der Waals surface area contributed by atoms with Crippen molar-refractivity contribution in [3.63, 3.8) is 0 Å². The minimum Gasteiger partial charge on any atom is -0.508 e. The highest BCUT2D eigenvalue weighted by Crippen LogP contribution is 2.45. The number of methoxy groups -OCH3 is 1. The van der Waals surface area contributed by atoms with Crippen LogP contribution in [-0.2, 0) is 0 Å². The average Bonchev–Trinajstić information content (AvgIpc) is 3.68. The van der Waals surface area contributed by atoms with Gasteiger partial charge in [0.05, 0.1) is 18.0 Å². The molecule has 13 heteroatoms. The molecule has 0 amide bonds. The number of carbonyl (C=O) groups is 2. The molecule has 41 heavy (non-hydrogen) atoms. The first-order valence-electron chi connectivity index (χ1n) is 13.0. The van der Waals surface area contributed by atoms with Crippen LogP contribution in [0.15, 0.2) is 35.3 Å². The Labute approximate surface area is 240 Å². The molecule has 5 N–H and O–H groups in total. The topological polar surface area (TPSA) is 162 Å². The van der Waals surface area contributed by atoms with Crippen LogP contribution in [0.3, 0.4) is 0 Å². The Morgan fingerprint density at radius 2 is 1.76 bits per heavy atom. The minimum absolute atomic E-state index is 0. The van der Waals surface area contributed by atoms with Gasteiger partial charge in [0.1, 0.15) is 28.3 Å². The number of rotatable bonds is 5. The molecule has 1 aliphatic carbocycles. The second kappa shape index (κ2) is 11.8. The Kier molecular flexibility index (Phi) is 8.64. The Hall–Kier alpha value is -4.03. The number of benzene rings is 2. The molecular weight excluding hydrogens is 561 g/mol. The third kappa shape index (κ3) is 5.75. The number of carboxylic acid groups (broad SMARTS) is 2.